The highest BCUT2D eigenvalue weighted by atomic mass is 32.2. The fraction of sp³-hybridized carbons (Fsp3) is 0.455. The van der Waals surface area contributed by atoms with E-state index < -0.39 is 11.5 Å². The summed E-state index contributed by atoms with van der Waals surface area (Å²) in [6, 6.07) is 2.93. The zero-order valence-electron chi connectivity index (χ0n) is 9.10. The van der Waals surface area contributed by atoms with Gasteiger partial charge in [0.2, 0.25) is 0 Å². The summed E-state index contributed by atoms with van der Waals surface area (Å²) in [6.07, 6.45) is 0. The van der Waals surface area contributed by atoms with Crippen LogP contribution >= 0.6 is 11.8 Å². The van der Waals surface area contributed by atoms with Crippen LogP contribution < -0.4 is 5.73 Å². The Bertz CT molecular complexity index is 358. The number of nitrogens with two attached hydrogens (primary N) is 1. The molecule has 0 heterocycles. The molecule has 0 spiro atoms. The second-order valence-electron chi connectivity index (χ2n) is 4.15. The van der Waals surface area contributed by atoms with E-state index in [2.05, 4.69) is 0 Å². The summed E-state index contributed by atoms with van der Waals surface area (Å²) in [5.74, 6) is -0.0878. The van der Waals surface area contributed by atoms with Gasteiger partial charge >= 0.3 is 0 Å². The van der Waals surface area contributed by atoms with Gasteiger partial charge in [0, 0.05) is 10.6 Å². The van der Waals surface area contributed by atoms with Crippen molar-refractivity contribution in [1.29, 1.82) is 0 Å². The van der Waals surface area contributed by atoms with Crippen molar-refractivity contribution in [2.45, 2.75) is 31.3 Å². The van der Waals surface area contributed by atoms with Crippen molar-refractivity contribution in [1.82, 2.24) is 0 Å². The molecule has 15 heavy (non-hydrogen) atoms. The molecule has 1 nitrogen and oxygen atoms in total. The summed E-state index contributed by atoms with van der Waals surface area (Å²) < 4.78 is 26.3. The van der Waals surface area contributed by atoms with E-state index in [9.17, 15) is 8.78 Å². The molecule has 0 aliphatic carbocycles. The van der Waals surface area contributed by atoms with Crippen molar-refractivity contribution in [2.24, 2.45) is 0 Å². The molecule has 0 saturated carbocycles. The Balaban J connectivity index is 2.82. The van der Waals surface area contributed by atoms with Crippen molar-refractivity contribution in [3.8, 4) is 0 Å². The van der Waals surface area contributed by atoms with Crippen LogP contribution in [-0.2, 0) is 0 Å². The van der Waals surface area contributed by atoms with Crippen LogP contribution in [0.25, 0.3) is 0 Å². The van der Waals surface area contributed by atoms with E-state index in [4.69, 9.17) is 5.73 Å². The average Bonchev–Trinajstić information content (AvgIpc) is 2.07. The lowest BCUT2D eigenvalue weighted by Gasteiger charge is -2.14. The molecular weight excluding hydrogens is 216 g/mol. The van der Waals surface area contributed by atoms with Gasteiger partial charge in [-0.3, -0.25) is 0 Å². The molecule has 4 heteroatoms. The zero-order chi connectivity index (χ0) is 11.6. The minimum atomic E-state index is -1.24. The summed E-state index contributed by atoms with van der Waals surface area (Å²) in [5.41, 5.74) is 5.11. The highest BCUT2D eigenvalue weighted by molar-refractivity contribution is 7.99. The SMILES string of the molecule is Cc1cc(F)c(N)cc1SCC(C)(C)F. The number of alkyl halides is 1. The highest BCUT2D eigenvalue weighted by Crippen LogP contribution is 2.29. The first-order valence-electron chi connectivity index (χ1n) is 4.67. The lowest BCUT2D eigenvalue weighted by molar-refractivity contribution is 0.253. The van der Waals surface area contributed by atoms with Crippen LogP contribution in [0.4, 0.5) is 14.5 Å². The molecule has 0 bridgehead atoms. The number of rotatable bonds is 3. The largest absolute Gasteiger partial charge is 0.396 e. The lowest BCUT2D eigenvalue weighted by Crippen LogP contribution is -2.15. The maximum absolute atomic E-state index is 13.3. The topological polar surface area (TPSA) is 26.0 Å². The fourth-order valence-electron chi connectivity index (χ4n) is 1.07. The Labute approximate surface area is 93.1 Å². The van der Waals surface area contributed by atoms with Crippen LogP contribution in [0.1, 0.15) is 19.4 Å². The molecule has 0 saturated heterocycles. The maximum Gasteiger partial charge on any atom is 0.146 e. The van der Waals surface area contributed by atoms with Gasteiger partial charge in [-0.25, -0.2) is 8.78 Å². The van der Waals surface area contributed by atoms with Gasteiger partial charge in [-0.1, -0.05) is 0 Å². The predicted molar refractivity (Wildman–Crippen MR) is 61.5 cm³/mol. The molecule has 2 N–H and O–H groups in total. The first-order valence-corrected chi connectivity index (χ1v) is 5.65. The van der Waals surface area contributed by atoms with Gasteiger partial charge in [0.15, 0.2) is 0 Å². The van der Waals surface area contributed by atoms with Gasteiger partial charge in [-0.15, -0.1) is 11.8 Å². The third kappa shape index (κ3) is 3.70. The molecule has 0 aromatic heterocycles. The van der Waals surface area contributed by atoms with Crippen LogP contribution in [0, 0.1) is 12.7 Å². The van der Waals surface area contributed by atoms with E-state index >= 15 is 0 Å². The first-order chi connectivity index (χ1) is 6.79. The molecule has 0 amide bonds. The normalized spacial score (nSPS) is 11.8. The monoisotopic (exact) mass is 231 g/mol. The number of benzene rings is 1. The van der Waals surface area contributed by atoms with Crippen LogP contribution in [0.3, 0.4) is 0 Å². The quantitative estimate of drug-likeness (QED) is 0.636. The van der Waals surface area contributed by atoms with Crippen molar-refractivity contribution in [2.75, 3.05) is 11.5 Å². The summed E-state index contributed by atoms with van der Waals surface area (Å²) in [5, 5.41) is 0. The number of anilines is 1. The first kappa shape index (κ1) is 12.3. The molecule has 0 radical (unpaired) electrons. The third-order valence-electron chi connectivity index (χ3n) is 1.87. The standard InChI is InChI=1S/C11H15F2NS/c1-7-4-8(12)9(14)5-10(7)15-6-11(2,3)13/h4-5H,6,14H2,1-3H3. The van der Waals surface area contributed by atoms with Crippen molar-refractivity contribution >= 4 is 17.4 Å². The maximum atomic E-state index is 13.3. The zero-order valence-corrected chi connectivity index (χ0v) is 9.92. The van der Waals surface area contributed by atoms with E-state index in [1.165, 1.54) is 31.7 Å². The molecule has 1 aromatic carbocycles. The van der Waals surface area contributed by atoms with Gasteiger partial charge in [-0.05, 0) is 38.5 Å². The van der Waals surface area contributed by atoms with Crippen LogP contribution in [0.2, 0.25) is 0 Å². The molecule has 0 unspecified atom stereocenters. The minimum Gasteiger partial charge on any atom is -0.396 e. The fourth-order valence-corrected chi connectivity index (χ4v) is 2.07. The van der Waals surface area contributed by atoms with Crippen molar-refractivity contribution in [3.05, 3.63) is 23.5 Å². The Kier molecular flexibility index (Phi) is 3.60. The number of aryl methyl sites for hydroxylation is 1. The average molecular weight is 231 g/mol. The Morgan fingerprint density at radius 1 is 1.40 bits per heavy atom. The van der Waals surface area contributed by atoms with Crippen LogP contribution in [0.5, 0.6) is 0 Å². The molecule has 0 fully saturated rings. The molecule has 0 atom stereocenters. The van der Waals surface area contributed by atoms with Gasteiger partial charge in [0.25, 0.3) is 0 Å². The molecular formula is C11H15F2NS. The second kappa shape index (κ2) is 4.39. The summed E-state index contributed by atoms with van der Waals surface area (Å²) in [4.78, 5) is 0.833. The van der Waals surface area contributed by atoms with E-state index in [0.717, 1.165) is 10.5 Å². The van der Waals surface area contributed by atoms with Crippen molar-refractivity contribution < 1.29 is 8.78 Å². The van der Waals surface area contributed by atoms with E-state index in [-0.39, 0.29) is 5.69 Å². The van der Waals surface area contributed by atoms with Gasteiger partial charge in [0.1, 0.15) is 11.5 Å². The van der Waals surface area contributed by atoms with E-state index in [1.54, 1.807) is 13.0 Å². The minimum absolute atomic E-state index is 0.111. The van der Waals surface area contributed by atoms with Crippen molar-refractivity contribution in [3.63, 3.8) is 0 Å². The smallest absolute Gasteiger partial charge is 0.146 e. The Morgan fingerprint density at radius 3 is 2.53 bits per heavy atom. The molecule has 1 rings (SSSR count). The molecule has 0 aliphatic rings. The van der Waals surface area contributed by atoms with Gasteiger partial charge < -0.3 is 5.73 Å². The number of nitrogen functional groups attached to an aromatic ring is 1. The summed E-state index contributed by atoms with van der Waals surface area (Å²) >= 11 is 1.36. The predicted octanol–water partition coefficient (Wildman–Crippen LogP) is 3.56. The highest BCUT2D eigenvalue weighted by Gasteiger charge is 2.16. The van der Waals surface area contributed by atoms with E-state index in [0.29, 0.717) is 5.75 Å². The third-order valence-corrected chi connectivity index (χ3v) is 3.45. The lowest BCUT2D eigenvalue weighted by atomic mass is 10.2. The second-order valence-corrected chi connectivity index (χ2v) is 5.16. The Hall–Kier alpha value is -0.770. The van der Waals surface area contributed by atoms with E-state index in [1.807, 2.05) is 0 Å². The van der Waals surface area contributed by atoms with Gasteiger partial charge in [0.05, 0.1) is 5.69 Å². The molecule has 84 valence electrons. The Morgan fingerprint density at radius 2 is 2.00 bits per heavy atom. The number of halogens is 2. The van der Waals surface area contributed by atoms with Gasteiger partial charge in [-0.2, -0.15) is 0 Å². The number of thioether (sulfide) groups is 1. The summed E-state index contributed by atoms with van der Waals surface area (Å²) in [7, 11) is 0. The molecule has 0 aliphatic heterocycles. The molecule has 1 aromatic rings. The number of hydrogen-bond acceptors (Lipinski definition) is 2. The summed E-state index contributed by atoms with van der Waals surface area (Å²) in [6.45, 7) is 4.82. The van der Waals surface area contributed by atoms with Crippen LogP contribution in [0.15, 0.2) is 17.0 Å². The number of hydrogen-bond donors (Lipinski definition) is 1. The van der Waals surface area contributed by atoms with Crippen LogP contribution in [-0.4, -0.2) is 11.4 Å².